The lowest BCUT2D eigenvalue weighted by Gasteiger charge is -2.07. The Morgan fingerprint density at radius 2 is 1.96 bits per heavy atom. The Hall–Kier alpha value is -3.27. The number of carbonyl (C=O) groups excluding carboxylic acids is 3. The minimum atomic E-state index is -0.750. The number of aryl methyl sites for hydroxylation is 1. The van der Waals surface area contributed by atoms with Crippen molar-refractivity contribution in [1.29, 1.82) is 0 Å². The molecule has 0 fully saturated rings. The van der Waals surface area contributed by atoms with Crippen LogP contribution in [0.25, 0.3) is 0 Å². The number of hydrogen-bond donors (Lipinski definition) is 2. The molecule has 1 heterocycles. The fraction of sp³-hybridized carbons (Fsp3) is 0.133. The molecule has 2 amide bonds. The van der Waals surface area contributed by atoms with Crippen LogP contribution in [0, 0.1) is 17.0 Å². The van der Waals surface area contributed by atoms with Gasteiger partial charge in [-0.25, -0.2) is 4.79 Å². The SMILES string of the molecule is Cc1ccc(C(=O)OCC(=O)NNC(=O)c2cccc([N+](=O)[O-])c2)s1. The minimum Gasteiger partial charge on any atom is -0.451 e. The molecular formula is C15H13N3O6S. The zero-order chi connectivity index (χ0) is 18.4. The first kappa shape index (κ1) is 18.1. The molecule has 0 atom stereocenters. The molecule has 0 saturated heterocycles. The number of hydrogen-bond acceptors (Lipinski definition) is 7. The van der Waals surface area contributed by atoms with Gasteiger partial charge in [0.15, 0.2) is 6.61 Å². The summed E-state index contributed by atoms with van der Waals surface area (Å²) in [6, 6.07) is 8.35. The van der Waals surface area contributed by atoms with Crippen LogP contribution in [0.15, 0.2) is 36.4 Å². The Kier molecular flexibility index (Phi) is 5.79. The van der Waals surface area contributed by atoms with Crippen molar-refractivity contribution in [3.8, 4) is 0 Å². The van der Waals surface area contributed by atoms with Gasteiger partial charge in [-0.15, -0.1) is 11.3 Å². The molecule has 0 spiro atoms. The van der Waals surface area contributed by atoms with Gasteiger partial charge in [-0.3, -0.25) is 30.6 Å². The van der Waals surface area contributed by atoms with Gasteiger partial charge in [-0.05, 0) is 25.1 Å². The topological polar surface area (TPSA) is 128 Å². The molecule has 2 aromatic rings. The van der Waals surface area contributed by atoms with Crippen LogP contribution in [0.4, 0.5) is 5.69 Å². The zero-order valence-electron chi connectivity index (χ0n) is 13.0. The zero-order valence-corrected chi connectivity index (χ0v) is 13.8. The molecule has 2 N–H and O–H groups in total. The molecule has 2 rings (SSSR count). The molecule has 0 bridgehead atoms. The number of ether oxygens (including phenoxy) is 1. The highest BCUT2D eigenvalue weighted by molar-refractivity contribution is 7.13. The summed E-state index contributed by atoms with van der Waals surface area (Å²) in [4.78, 5) is 46.4. The highest BCUT2D eigenvalue weighted by Gasteiger charge is 2.14. The number of thiophene rings is 1. The van der Waals surface area contributed by atoms with E-state index in [0.29, 0.717) is 4.88 Å². The molecule has 0 aliphatic rings. The molecule has 0 aliphatic carbocycles. The maximum absolute atomic E-state index is 11.8. The van der Waals surface area contributed by atoms with Crippen LogP contribution in [-0.2, 0) is 9.53 Å². The number of non-ortho nitro benzene ring substituents is 1. The number of hydrazine groups is 1. The van der Waals surface area contributed by atoms with Crippen LogP contribution in [0.2, 0.25) is 0 Å². The average Bonchev–Trinajstić information content (AvgIpc) is 3.04. The van der Waals surface area contributed by atoms with Crippen molar-refractivity contribution in [3.05, 3.63) is 61.8 Å². The van der Waals surface area contributed by atoms with Crippen LogP contribution in [0.1, 0.15) is 24.9 Å². The molecule has 1 aromatic heterocycles. The quantitative estimate of drug-likeness (QED) is 0.472. The van der Waals surface area contributed by atoms with E-state index in [1.165, 1.54) is 29.5 Å². The van der Waals surface area contributed by atoms with E-state index in [1.54, 1.807) is 12.1 Å². The van der Waals surface area contributed by atoms with Crippen molar-refractivity contribution in [2.45, 2.75) is 6.92 Å². The van der Waals surface area contributed by atoms with E-state index in [-0.39, 0.29) is 11.3 Å². The minimum absolute atomic E-state index is 0.000514. The summed E-state index contributed by atoms with van der Waals surface area (Å²) in [7, 11) is 0. The van der Waals surface area contributed by atoms with Gasteiger partial charge in [0.05, 0.1) is 4.92 Å². The molecule has 0 radical (unpaired) electrons. The molecule has 0 unspecified atom stereocenters. The van der Waals surface area contributed by atoms with Crippen molar-refractivity contribution in [1.82, 2.24) is 10.9 Å². The smallest absolute Gasteiger partial charge is 0.348 e. The van der Waals surface area contributed by atoms with E-state index in [4.69, 9.17) is 4.74 Å². The number of carbonyl (C=O) groups is 3. The maximum atomic E-state index is 11.8. The number of nitrogens with zero attached hydrogens (tertiary/aromatic N) is 1. The number of esters is 1. The van der Waals surface area contributed by atoms with Crippen molar-refractivity contribution in [2.75, 3.05) is 6.61 Å². The Morgan fingerprint density at radius 3 is 2.60 bits per heavy atom. The lowest BCUT2D eigenvalue weighted by molar-refractivity contribution is -0.384. The van der Waals surface area contributed by atoms with Gasteiger partial charge in [0.2, 0.25) is 0 Å². The van der Waals surface area contributed by atoms with Gasteiger partial charge in [0.1, 0.15) is 4.88 Å². The molecule has 25 heavy (non-hydrogen) atoms. The predicted octanol–water partition coefficient (Wildman–Crippen LogP) is 1.58. The molecule has 10 heteroatoms. The van der Waals surface area contributed by atoms with E-state index in [2.05, 4.69) is 10.9 Å². The number of nitro groups is 1. The van der Waals surface area contributed by atoms with Crippen molar-refractivity contribution in [2.24, 2.45) is 0 Å². The Morgan fingerprint density at radius 1 is 1.20 bits per heavy atom. The summed E-state index contributed by atoms with van der Waals surface area (Å²) in [5.41, 5.74) is 3.89. The normalized spacial score (nSPS) is 9.96. The van der Waals surface area contributed by atoms with Crippen LogP contribution in [0.5, 0.6) is 0 Å². The number of amides is 2. The predicted molar refractivity (Wildman–Crippen MR) is 88.0 cm³/mol. The second-order valence-electron chi connectivity index (χ2n) is 4.80. The third kappa shape index (κ3) is 5.11. The number of benzene rings is 1. The maximum Gasteiger partial charge on any atom is 0.348 e. The summed E-state index contributed by atoms with van der Waals surface area (Å²) >= 11 is 1.24. The van der Waals surface area contributed by atoms with Crippen LogP contribution < -0.4 is 10.9 Å². The highest BCUT2D eigenvalue weighted by atomic mass is 32.1. The van der Waals surface area contributed by atoms with E-state index in [1.807, 2.05) is 6.92 Å². The summed E-state index contributed by atoms with van der Waals surface area (Å²) in [6.07, 6.45) is 0. The first-order chi connectivity index (χ1) is 11.9. The van der Waals surface area contributed by atoms with E-state index in [9.17, 15) is 24.5 Å². The summed E-state index contributed by atoms with van der Waals surface area (Å²) in [6.45, 7) is 1.25. The summed E-state index contributed by atoms with van der Waals surface area (Å²) in [5.74, 6) is -2.13. The Balaban J connectivity index is 1.81. The Labute approximate surface area is 145 Å². The van der Waals surface area contributed by atoms with Gasteiger partial charge in [0.25, 0.3) is 17.5 Å². The van der Waals surface area contributed by atoms with Crippen LogP contribution >= 0.6 is 11.3 Å². The van der Waals surface area contributed by atoms with Gasteiger partial charge in [-0.2, -0.15) is 0 Å². The van der Waals surface area contributed by atoms with Gasteiger partial charge < -0.3 is 4.74 Å². The highest BCUT2D eigenvalue weighted by Crippen LogP contribution is 2.16. The molecule has 0 saturated carbocycles. The van der Waals surface area contributed by atoms with E-state index >= 15 is 0 Å². The Bertz CT molecular complexity index is 832. The van der Waals surface area contributed by atoms with Crippen molar-refractivity contribution < 1.29 is 24.0 Å². The fourth-order valence-corrected chi connectivity index (χ4v) is 2.50. The van der Waals surface area contributed by atoms with Crippen LogP contribution in [0.3, 0.4) is 0 Å². The second kappa shape index (κ2) is 8.02. The van der Waals surface area contributed by atoms with Crippen molar-refractivity contribution >= 4 is 34.8 Å². The molecule has 1 aromatic carbocycles. The number of rotatable bonds is 5. The van der Waals surface area contributed by atoms with Crippen molar-refractivity contribution in [3.63, 3.8) is 0 Å². The molecular weight excluding hydrogens is 350 g/mol. The summed E-state index contributed by atoms with van der Waals surface area (Å²) in [5, 5.41) is 10.7. The van der Waals surface area contributed by atoms with Crippen LogP contribution in [-0.4, -0.2) is 29.3 Å². The average molecular weight is 363 g/mol. The van der Waals surface area contributed by atoms with Gasteiger partial charge >= 0.3 is 5.97 Å². The number of nitro benzene ring substituents is 1. The fourth-order valence-electron chi connectivity index (χ4n) is 1.74. The van der Waals surface area contributed by atoms with Gasteiger partial charge in [0, 0.05) is 22.6 Å². The monoisotopic (exact) mass is 363 g/mol. The van der Waals surface area contributed by atoms with E-state index < -0.39 is 29.3 Å². The van der Waals surface area contributed by atoms with E-state index in [0.717, 1.165) is 10.9 Å². The second-order valence-corrected chi connectivity index (χ2v) is 6.08. The first-order valence-electron chi connectivity index (χ1n) is 6.94. The van der Waals surface area contributed by atoms with Gasteiger partial charge in [-0.1, -0.05) is 6.07 Å². The lowest BCUT2D eigenvalue weighted by atomic mass is 10.2. The standard InChI is InChI=1S/C15H13N3O6S/c1-9-5-6-12(25-9)15(21)24-8-13(19)16-17-14(20)10-3-2-4-11(7-10)18(22)23/h2-7H,8H2,1H3,(H,16,19)(H,17,20). The first-order valence-corrected chi connectivity index (χ1v) is 7.75. The molecule has 9 nitrogen and oxygen atoms in total. The largest absolute Gasteiger partial charge is 0.451 e. The number of nitrogens with one attached hydrogen (secondary N) is 2. The summed E-state index contributed by atoms with van der Waals surface area (Å²) < 4.78 is 4.81. The lowest BCUT2D eigenvalue weighted by Crippen LogP contribution is -2.43. The molecule has 0 aliphatic heterocycles. The third-order valence-corrected chi connectivity index (χ3v) is 3.89. The molecule has 130 valence electrons. The third-order valence-electron chi connectivity index (χ3n) is 2.91.